The van der Waals surface area contributed by atoms with Crippen molar-refractivity contribution in [1.29, 1.82) is 0 Å². The molecule has 7 heteroatoms. The third kappa shape index (κ3) is 3.48. The van der Waals surface area contributed by atoms with Crippen molar-refractivity contribution < 1.29 is 8.42 Å². The molecule has 1 atom stereocenters. The van der Waals surface area contributed by atoms with Gasteiger partial charge in [0.2, 0.25) is 0 Å². The fourth-order valence-corrected chi connectivity index (χ4v) is 4.89. The van der Waals surface area contributed by atoms with Crippen LogP contribution in [0.1, 0.15) is 12.0 Å². The largest absolute Gasteiger partial charge is 0.304 e. The Kier molecular flexibility index (Phi) is 4.77. The molecule has 1 unspecified atom stereocenters. The summed E-state index contributed by atoms with van der Waals surface area (Å²) in [4.78, 5) is 6.30. The summed E-state index contributed by atoms with van der Waals surface area (Å²) >= 11 is 0. The van der Waals surface area contributed by atoms with E-state index in [1.165, 1.54) is 5.56 Å². The number of hydrogen-bond acceptors (Lipinski definition) is 4. The number of nitrogens with zero attached hydrogens (tertiary/aromatic N) is 4. The van der Waals surface area contributed by atoms with E-state index in [4.69, 9.17) is 0 Å². The van der Waals surface area contributed by atoms with E-state index in [0.717, 1.165) is 25.9 Å². The predicted molar refractivity (Wildman–Crippen MR) is 85.6 cm³/mol. The van der Waals surface area contributed by atoms with Crippen LogP contribution in [0.15, 0.2) is 24.5 Å². The number of pyridine rings is 1. The Morgan fingerprint density at radius 3 is 2.64 bits per heavy atom. The fourth-order valence-electron chi connectivity index (χ4n) is 3.21. The lowest BCUT2D eigenvalue weighted by Gasteiger charge is -2.34. The van der Waals surface area contributed by atoms with Gasteiger partial charge in [0, 0.05) is 51.7 Å². The van der Waals surface area contributed by atoms with Crippen molar-refractivity contribution in [1.82, 2.24) is 18.5 Å². The van der Waals surface area contributed by atoms with Crippen LogP contribution in [0.2, 0.25) is 0 Å². The van der Waals surface area contributed by atoms with Gasteiger partial charge in [0.05, 0.1) is 0 Å². The van der Waals surface area contributed by atoms with Crippen LogP contribution >= 0.6 is 0 Å². The summed E-state index contributed by atoms with van der Waals surface area (Å²) in [5.41, 5.74) is 1.19. The molecule has 2 aliphatic rings. The number of hydrogen-bond donors (Lipinski definition) is 0. The molecule has 6 nitrogen and oxygen atoms in total. The summed E-state index contributed by atoms with van der Waals surface area (Å²) in [6.07, 6.45) is 5.48. The van der Waals surface area contributed by atoms with Gasteiger partial charge in [0.15, 0.2) is 0 Å². The van der Waals surface area contributed by atoms with E-state index in [9.17, 15) is 8.42 Å². The smallest absolute Gasteiger partial charge is 0.282 e. The fraction of sp³-hybridized carbons (Fsp3) is 0.667. The van der Waals surface area contributed by atoms with Crippen molar-refractivity contribution in [3.05, 3.63) is 30.1 Å². The highest BCUT2D eigenvalue weighted by Crippen LogP contribution is 2.24. The van der Waals surface area contributed by atoms with Gasteiger partial charge in [-0.3, -0.25) is 4.98 Å². The monoisotopic (exact) mass is 324 g/mol. The summed E-state index contributed by atoms with van der Waals surface area (Å²) in [5, 5.41) is 0. The summed E-state index contributed by atoms with van der Waals surface area (Å²) in [7, 11) is -1.25. The summed E-state index contributed by atoms with van der Waals surface area (Å²) in [6.45, 7) is 4.09. The lowest BCUT2D eigenvalue weighted by atomic mass is 10.0. The van der Waals surface area contributed by atoms with Gasteiger partial charge < -0.3 is 4.90 Å². The van der Waals surface area contributed by atoms with E-state index in [1.54, 1.807) is 14.8 Å². The Balaban J connectivity index is 1.59. The Labute approximate surface area is 132 Å². The summed E-state index contributed by atoms with van der Waals surface area (Å²) in [6, 6.07) is 3.99. The maximum Gasteiger partial charge on any atom is 0.282 e. The molecule has 0 saturated carbocycles. The van der Waals surface area contributed by atoms with Gasteiger partial charge in [-0.25, -0.2) is 0 Å². The van der Waals surface area contributed by atoms with Crippen molar-refractivity contribution in [3.8, 4) is 0 Å². The van der Waals surface area contributed by atoms with Crippen molar-refractivity contribution in [2.24, 2.45) is 5.92 Å². The second-order valence-electron chi connectivity index (χ2n) is 6.29. The first kappa shape index (κ1) is 15.9. The molecule has 3 rings (SSSR count). The molecule has 0 aliphatic carbocycles. The standard InChI is InChI=1S/C15H24N4O2S/c1-17-7-9-18(10-8-17)22(20,21)19-6-4-15(13-19)11-14-3-2-5-16-12-14/h2-3,5,12,15H,4,6-11,13H2,1H3. The van der Waals surface area contributed by atoms with Crippen LogP contribution in [-0.4, -0.2) is 73.2 Å². The van der Waals surface area contributed by atoms with Crippen LogP contribution < -0.4 is 0 Å². The van der Waals surface area contributed by atoms with Crippen molar-refractivity contribution in [2.45, 2.75) is 12.8 Å². The van der Waals surface area contributed by atoms with E-state index in [2.05, 4.69) is 16.0 Å². The van der Waals surface area contributed by atoms with Gasteiger partial charge in [0.25, 0.3) is 10.2 Å². The van der Waals surface area contributed by atoms with Crippen molar-refractivity contribution in [2.75, 3.05) is 46.3 Å². The number of piperazine rings is 1. The van der Waals surface area contributed by atoms with Crippen molar-refractivity contribution >= 4 is 10.2 Å². The first-order chi connectivity index (χ1) is 10.6. The summed E-state index contributed by atoms with van der Waals surface area (Å²) in [5.74, 6) is 0.395. The maximum absolute atomic E-state index is 12.7. The number of likely N-dealkylation sites (N-methyl/N-ethyl adjacent to an activating group) is 1. The second-order valence-corrected chi connectivity index (χ2v) is 8.22. The highest BCUT2D eigenvalue weighted by molar-refractivity contribution is 7.86. The zero-order chi connectivity index (χ0) is 15.6. The molecule has 1 aromatic rings. The van der Waals surface area contributed by atoms with E-state index < -0.39 is 10.2 Å². The topological polar surface area (TPSA) is 56.8 Å². The van der Waals surface area contributed by atoms with Gasteiger partial charge in [-0.15, -0.1) is 0 Å². The van der Waals surface area contributed by atoms with Gasteiger partial charge in [0.1, 0.15) is 0 Å². The SMILES string of the molecule is CN1CCN(S(=O)(=O)N2CCC(Cc3cccnc3)C2)CC1. The second kappa shape index (κ2) is 6.62. The van der Waals surface area contributed by atoms with Gasteiger partial charge >= 0.3 is 0 Å². The molecule has 2 aliphatic heterocycles. The van der Waals surface area contributed by atoms with Crippen molar-refractivity contribution in [3.63, 3.8) is 0 Å². The molecular weight excluding hydrogens is 300 g/mol. The lowest BCUT2D eigenvalue weighted by molar-refractivity contribution is 0.213. The van der Waals surface area contributed by atoms with E-state index in [-0.39, 0.29) is 0 Å². The van der Waals surface area contributed by atoms with E-state index in [0.29, 0.717) is 32.1 Å². The average Bonchev–Trinajstić information content (AvgIpc) is 2.98. The molecule has 0 spiro atoms. The van der Waals surface area contributed by atoms with Crippen LogP contribution in [0, 0.1) is 5.92 Å². The van der Waals surface area contributed by atoms with Crippen LogP contribution in [0.4, 0.5) is 0 Å². The van der Waals surface area contributed by atoms with E-state index >= 15 is 0 Å². The molecule has 0 amide bonds. The zero-order valence-electron chi connectivity index (χ0n) is 13.1. The van der Waals surface area contributed by atoms with Crippen LogP contribution in [-0.2, 0) is 16.6 Å². The van der Waals surface area contributed by atoms with Crippen LogP contribution in [0.5, 0.6) is 0 Å². The molecule has 122 valence electrons. The Bertz CT molecular complexity index is 585. The maximum atomic E-state index is 12.7. The highest BCUT2D eigenvalue weighted by Gasteiger charge is 2.36. The average molecular weight is 324 g/mol. The van der Waals surface area contributed by atoms with Gasteiger partial charge in [-0.2, -0.15) is 17.0 Å². The van der Waals surface area contributed by atoms with Gasteiger partial charge in [-0.1, -0.05) is 6.07 Å². The molecule has 3 heterocycles. The Morgan fingerprint density at radius 2 is 1.95 bits per heavy atom. The molecule has 0 bridgehead atoms. The number of aromatic nitrogens is 1. The van der Waals surface area contributed by atoms with E-state index in [1.807, 2.05) is 19.3 Å². The molecule has 2 saturated heterocycles. The molecule has 22 heavy (non-hydrogen) atoms. The Hall–Kier alpha value is -1.02. The minimum absolute atomic E-state index is 0.395. The summed E-state index contributed by atoms with van der Waals surface area (Å²) < 4.78 is 28.7. The molecule has 0 radical (unpaired) electrons. The third-order valence-corrected chi connectivity index (χ3v) is 6.61. The normalized spacial score (nSPS) is 25.6. The third-order valence-electron chi connectivity index (χ3n) is 4.61. The van der Waals surface area contributed by atoms with Gasteiger partial charge in [-0.05, 0) is 37.4 Å². The first-order valence-corrected chi connectivity index (χ1v) is 9.28. The lowest BCUT2D eigenvalue weighted by Crippen LogP contribution is -2.51. The minimum Gasteiger partial charge on any atom is -0.304 e. The Morgan fingerprint density at radius 1 is 1.18 bits per heavy atom. The quantitative estimate of drug-likeness (QED) is 0.806. The predicted octanol–water partition coefficient (Wildman–Crippen LogP) is 0.438. The first-order valence-electron chi connectivity index (χ1n) is 7.88. The highest BCUT2D eigenvalue weighted by atomic mass is 32.2. The minimum atomic E-state index is -3.29. The molecule has 1 aromatic heterocycles. The zero-order valence-corrected chi connectivity index (χ0v) is 13.9. The molecular formula is C15H24N4O2S. The van der Waals surface area contributed by atoms with Crippen LogP contribution in [0.25, 0.3) is 0 Å². The number of rotatable bonds is 4. The molecule has 2 fully saturated rings. The van der Waals surface area contributed by atoms with Crippen LogP contribution in [0.3, 0.4) is 0 Å². The molecule has 0 N–H and O–H groups in total. The molecule has 0 aromatic carbocycles.